The number of nitrogens with zero attached hydrogens (tertiary/aromatic N) is 1. The van der Waals surface area contributed by atoms with Crippen molar-refractivity contribution in [2.24, 2.45) is 5.92 Å². The Morgan fingerprint density at radius 2 is 2.31 bits per heavy atom. The van der Waals surface area contributed by atoms with E-state index in [1.807, 2.05) is 0 Å². The van der Waals surface area contributed by atoms with Crippen molar-refractivity contribution in [3.8, 4) is 0 Å². The Morgan fingerprint density at radius 1 is 1.50 bits per heavy atom. The Labute approximate surface area is 98.0 Å². The molecular formula is C12H24N2O2. The van der Waals surface area contributed by atoms with Crippen molar-refractivity contribution in [2.45, 2.75) is 32.1 Å². The molecule has 0 bridgehead atoms. The lowest BCUT2D eigenvalue weighted by Crippen LogP contribution is -2.37. The third kappa shape index (κ3) is 6.08. The lowest BCUT2D eigenvalue weighted by molar-refractivity contribution is -0.137. The third-order valence-corrected chi connectivity index (χ3v) is 3.15. The zero-order valence-electron chi connectivity index (χ0n) is 10.2. The summed E-state index contributed by atoms with van der Waals surface area (Å²) in [5.74, 6) is 0.0899. The first kappa shape index (κ1) is 13.5. The van der Waals surface area contributed by atoms with Crippen LogP contribution in [0.3, 0.4) is 0 Å². The van der Waals surface area contributed by atoms with E-state index in [0.717, 1.165) is 31.8 Å². The first-order chi connectivity index (χ1) is 7.68. The van der Waals surface area contributed by atoms with Crippen LogP contribution in [0.2, 0.25) is 0 Å². The largest absolute Gasteiger partial charge is 0.481 e. The van der Waals surface area contributed by atoms with E-state index >= 15 is 0 Å². The maximum atomic E-state index is 10.3. The molecule has 2 N–H and O–H groups in total. The fourth-order valence-electron chi connectivity index (χ4n) is 2.27. The second-order valence-corrected chi connectivity index (χ2v) is 4.83. The number of carboxylic acid groups (broad SMARTS) is 1. The molecule has 1 saturated heterocycles. The van der Waals surface area contributed by atoms with Crippen LogP contribution in [-0.2, 0) is 4.79 Å². The summed E-state index contributed by atoms with van der Waals surface area (Å²) in [5.41, 5.74) is 0. The molecule has 1 atom stereocenters. The van der Waals surface area contributed by atoms with E-state index in [2.05, 4.69) is 17.3 Å². The molecule has 0 aromatic rings. The number of unbranched alkanes of at least 4 members (excludes halogenated alkanes) is 1. The zero-order valence-corrected chi connectivity index (χ0v) is 10.2. The molecule has 1 aliphatic heterocycles. The SMILES string of the molecule is CN1CCCC(CNCCCCC(=O)O)C1. The quantitative estimate of drug-likeness (QED) is 0.642. The molecule has 1 unspecified atom stereocenters. The second kappa shape index (κ2) is 7.63. The van der Waals surface area contributed by atoms with Gasteiger partial charge in [-0.3, -0.25) is 4.79 Å². The van der Waals surface area contributed by atoms with Crippen LogP contribution < -0.4 is 5.32 Å². The molecule has 4 heteroatoms. The first-order valence-corrected chi connectivity index (χ1v) is 6.29. The predicted molar refractivity (Wildman–Crippen MR) is 64.6 cm³/mol. The van der Waals surface area contributed by atoms with Crippen LogP contribution in [0.15, 0.2) is 0 Å². The minimum absolute atomic E-state index is 0.299. The molecule has 94 valence electrons. The summed E-state index contributed by atoms with van der Waals surface area (Å²) in [6, 6.07) is 0. The van der Waals surface area contributed by atoms with Crippen molar-refractivity contribution >= 4 is 5.97 Å². The number of hydrogen-bond acceptors (Lipinski definition) is 3. The molecule has 0 aliphatic carbocycles. The van der Waals surface area contributed by atoms with Gasteiger partial charge in [0.25, 0.3) is 0 Å². The van der Waals surface area contributed by atoms with Crippen molar-refractivity contribution in [3.05, 3.63) is 0 Å². The lowest BCUT2D eigenvalue weighted by Gasteiger charge is -2.29. The molecule has 0 saturated carbocycles. The molecule has 0 radical (unpaired) electrons. The Hall–Kier alpha value is -0.610. The van der Waals surface area contributed by atoms with Gasteiger partial charge in [-0.2, -0.15) is 0 Å². The van der Waals surface area contributed by atoms with Crippen LogP contribution in [0.5, 0.6) is 0 Å². The fourth-order valence-corrected chi connectivity index (χ4v) is 2.27. The Kier molecular flexibility index (Phi) is 6.42. The van der Waals surface area contributed by atoms with E-state index in [0.29, 0.717) is 6.42 Å². The Bertz CT molecular complexity index is 209. The topological polar surface area (TPSA) is 52.6 Å². The van der Waals surface area contributed by atoms with Gasteiger partial charge in [0.15, 0.2) is 0 Å². The Balaban J connectivity index is 1.92. The zero-order chi connectivity index (χ0) is 11.8. The van der Waals surface area contributed by atoms with Gasteiger partial charge in [-0.25, -0.2) is 0 Å². The van der Waals surface area contributed by atoms with Gasteiger partial charge in [0.2, 0.25) is 0 Å². The summed E-state index contributed by atoms with van der Waals surface area (Å²) in [6.07, 6.45) is 4.68. The third-order valence-electron chi connectivity index (χ3n) is 3.15. The highest BCUT2D eigenvalue weighted by atomic mass is 16.4. The molecule has 1 fully saturated rings. The van der Waals surface area contributed by atoms with Gasteiger partial charge in [-0.05, 0) is 58.3 Å². The number of carboxylic acids is 1. The number of aliphatic carboxylic acids is 1. The molecule has 1 rings (SSSR count). The average molecular weight is 228 g/mol. The van der Waals surface area contributed by atoms with E-state index in [1.165, 1.54) is 25.9 Å². The van der Waals surface area contributed by atoms with Crippen molar-refractivity contribution in [1.82, 2.24) is 10.2 Å². The monoisotopic (exact) mass is 228 g/mol. The maximum Gasteiger partial charge on any atom is 0.303 e. The minimum atomic E-state index is -0.686. The van der Waals surface area contributed by atoms with Gasteiger partial charge in [0.05, 0.1) is 0 Å². The van der Waals surface area contributed by atoms with E-state index in [1.54, 1.807) is 0 Å². The molecule has 0 aromatic heterocycles. The molecule has 1 aliphatic rings. The molecule has 0 aromatic carbocycles. The van der Waals surface area contributed by atoms with Crippen LogP contribution in [0, 0.1) is 5.92 Å². The molecule has 0 spiro atoms. The van der Waals surface area contributed by atoms with Crippen LogP contribution in [0.4, 0.5) is 0 Å². The number of likely N-dealkylation sites (tertiary alicyclic amines) is 1. The van der Waals surface area contributed by atoms with E-state index in [4.69, 9.17) is 5.11 Å². The smallest absolute Gasteiger partial charge is 0.303 e. The minimum Gasteiger partial charge on any atom is -0.481 e. The van der Waals surface area contributed by atoms with Crippen molar-refractivity contribution in [1.29, 1.82) is 0 Å². The standard InChI is InChI=1S/C12H24N2O2/c1-14-8-4-5-11(10-14)9-13-7-3-2-6-12(15)16/h11,13H,2-10H2,1H3,(H,15,16). The van der Waals surface area contributed by atoms with Crippen LogP contribution in [0.25, 0.3) is 0 Å². The van der Waals surface area contributed by atoms with Crippen LogP contribution in [-0.4, -0.2) is 49.2 Å². The maximum absolute atomic E-state index is 10.3. The van der Waals surface area contributed by atoms with Gasteiger partial charge < -0.3 is 15.3 Å². The summed E-state index contributed by atoms with van der Waals surface area (Å²) in [4.78, 5) is 12.7. The summed E-state index contributed by atoms with van der Waals surface area (Å²) in [5, 5.41) is 11.9. The van der Waals surface area contributed by atoms with Gasteiger partial charge in [0, 0.05) is 13.0 Å². The molecular weight excluding hydrogens is 204 g/mol. The van der Waals surface area contributed by atoms with Crippen molar-refractivity contribution in [3.63, 3.8) is 0 Å². The van der Waals surface area contributed by atoms with Gasteiger partial charge in [-0.1, -0.05) is 0 Å². The summed E-state index contributed by atoms with van der Waals surface area (Å²) < 4.78 is 0. The second-order valence-electron chi connectivity index (χ2n) is 4.83. The predicted octanol–water partition coefficient (Wildman–Crippen LogP) is 1.17. The number of hydrogen-bond donors (Lipinski definition) is 2. The van der Waals surface area contributed by atoms with Crippen LogP contribution in [0.1, 0.15) is 32.1 Å². The van der Waals surface area contributed by atoms with E-state index < -0.39 is 5.97 Å². The highest BCUT2D eigenvalue weighted by Crippen LogP contribution is 2.13. The Morgan fingerprint density at radius 3 is 3.00 bits per heavy atom. The van der Waals surface area contributed by atoms with E-state index in [9.17, 15) is 4.79 Å². The summed E-state index contributed by atoms with van der Waals surface area (Å²) in [6.45, 7) is 4.46. The van der Waals surface area contributed by atoms with E-state index in [-0.39, 0.29) is 0 Å². The average Bonchev–Trinajstić information content (AvgIpc) is 2.23. The number of rotatable bonds is 7. The van der Waals surface area contributed by atoms with Crippen LogP contribution >= 0.6 is 0 Å². The normalized spacial score (nSPS) is 22.2. The van der Waals surface area contributed by atoms with Gasteiger partial charge >= 0.3 is 5.97 Å². The van der Waals surface area contributed by atoms with Crippen molar-refractivity contribution in [2.75, 3.05) is 33.2 Å². The number of piperidine rings is 1. The van der Waals surface area contributed by atoms with Gasteiger partial charge in [0.1, 0.15) is 0 Å². The summed E-state index contributed by atoms with van der Waals surface area (Å²) in [7, 11) is 2.18. The van der Waals surface area contributed by atoms with Crippen molar-refractivity contribution < 1.29 is 9.90 Å². The summed E-state index contributed by atoms with van der Waals surface area (Å²) >= 11 is 0. The lowest BCUT2D eigenvalue weighted by atomic mass is 9.98. The molecule has 1 heterocycles. The number of nitrogens with one attached hydrogen (secondary N) is 1. The molecule has 4 nitrogen and oxygen atoms in total. The molecule has 0 amide bonds. The fraction of sp³-hybridized carbons (Fsp3) is 0.917. The highest BCUT2D eigenvalue weighted by Gasteiger charge is 2.16. The number of carbonyl (C=O) groups is 1. The highest BCUT2D eigenvalue weighted by molar-refractivity contribution is 5.66. The molecule has 16 heavy (non-hydrogen) atoms. The first-order valence-electron chi connectivity index (χ1n) is 6.29. The van der Waals surface area contributed by atoms with Gasteiger partial charge in [-0.15, -0.1) is 0 Å².